The first-order valence-electron chi connectivity index (χ1n) is 8.33. The van der Waals surface area contributed by atoms with Crippen molar-refractivity contribution in [2.45, 2.75) is 25.8 Å². The lowest BCUT2D eigenvalue weighted by Gasteiger charge is -2.31. The summed E-state index contributed by atoms with van der Waals surface area (Å²) in [6.07, 6.45) is 7.50. The number of amides is 1. The van der Waals surface area contributed by atoms with E-state index in [0.29, 0.717) is 6.04 Å². The predicted molar refractivity (Wildman–Crippen MR) is 99.0 cm³/mol. The van der Waals surface area contributed by atoms with Gasteiger partial charge in [0.05, 0.1) is 29.6 Å². The van der Waals surface area contributed by atoms with Crippen molar-refractivity contribution in [2.75, 3.05) is 13.1 Å². The Bertz CT molecular complexity index is 930. The molecule has 3 heterocycles. The summed E-state index contributed by atoms with van der Waals surface area (Å²) in [5.74, 6) is 0.150. The lowest BCUT2D eigenvalue weighted by atomic mass is 10.1. The van der Waals surface area contributed by atoms with Crippen molar-refractivity contribution in [3.8, 4) is 11.3 Å². The molecule has 1 fully saturated rings. The maximum Gasteiger partial charge on any atom is 0.219 e. The number of nitrogens with zero attached hydrogens (tertiary/aromatic N) is 5. The second kappa shape index (κ2) is 6.55. The third kappa shape index (κ3) is 3.16. The summed E-state index contributed by atoms with van der Waals surface area (Å²) < 4.78 is 2.93. The van der Waals surface area contributed by atoms with E-state index in [1.807, 2.05) is 40.2 Å². The van der Waals surface area contributed by atoms with Crippen LogP contribution < -0.4 is 0 Å². The second-order valence-corrected chi connectivity index (χ2v) is 7.16. The highest BCUT2D eigenvalue weighted by molar-refractivity contribution is 9.10. The van der Waals surface area contributed by atoms with Gasteiger partial charge in [-0.3, -0.25) is 14.5 Å². The molecular formula is C18H18BrN5O. The molecule has 128 valence electrons. The maximum atomic E-state index is 11.5. The number of piperidine rings is 1. The molecule has 1 aliphatic rings. The Hall–Kier alpha value is -2.28. The van der Waals surface area contributed by atoms with Crippen LogP contribution in [-0.2, 0) is 4.79 Å². The summed E-state index contributed by atoms with van der Waals surface area (Å²) in [4.78, 5) is 22.6. The molecule has 0 spiro atoms. The molecule has 1 amide bonds. The molecule has 0 bridgehead atoms. The van der Waals surface area contributed by atoms with Gasteiger partial charge in [0.25, 0.3) is 0 Å². The quantitative estimate of drug-likeness (QED) is 0.661. The zero-order valence-electron chi connectivity index (χ0n) is 13.9. The van der Waals surface area contributed by atoms with Gasteiger partial charge < -0.3 is 4.90 Å². The van der Waals surface area contributed by atoms with E-state index >= 15 is 0 Å². The fourth-order valence-electron chi connectivity index (χ4n) is 3.25. The molecule has 0 radical (unpaired) electrons. The van der Waals surface area contributed by atoms with E-state index in [1.54, 1.807) is 13.1 Å². The van der Waals surface area contributed by atoms with Crippen molar-refractivity contribution in [3.05, 3.63) is 41.3 Å². The van der Waals surface area contributed by atoms with E-state index in [-0.39, 0.29) is 5.91 Å². The minimum atomic E-state index is 0.150. The number of likely N-dealkylation sites (tertiary alicyclic amines) is 1. The molecule has 2 aromatic heterocycles. The van der Waals surface area contributed by atoms with Gasteiger partial charge in [-0.1, -0.05) is 6.07 Å². The van der Waals surface area contributed by atoms with Gasteiger partial charge in [0.1, 0.15) is 5.52 Å². The third-order valence-electron chi connectivity index (χ3n) is 4.70. The summed E-state index contributed by atoms with van der Waals surface area (Å²) in [6.45, 7) is 3.21. The number of benzene rings is 1. The zero-order chi connectivity index (χ0) is 17.4. The minimum absolute atomic E-state index is 0.150. The molecule has 0 N–H and O–H groups in total. The summed E-state index contributed by atoms with van der Waals surface area (Å²) in [7, 11) is 0. The molecule has 6 nitrogen and oxygen atoms in total. The van der Waals surface area contributed by atoms with E-state index in [1.165, 1.54) is 0 Å². The van der Waals surface area contributed by atoms with Gasteiger partial charge in [0.15, 0.2) is 0 Å². The van der Waals surface area contributed by atoms with Crippen LogP contribution in [0.4, 0.5) is 0 Å². The van der Waals surface area contributed by atoms with E-state index in [9.17, 15) is 4.79 Å². The Morgan fingerprint density at radius 1 is 1.24 bits per heavy atom. The molecule has 0 unspecified atom stereocenters. The van der Waals surface area contributed by atoms with Crippen LogP contribution in [0.15, 0.2) is 41.3 Å². The lowest BCUT2D eigenvalue weighted by molar-refractivity contribution is -0.130. The van der Waals surface area contributed by atoms with Crippen molar-refractivity contribution >= 4 is 32.9 Å². The molecule has 25 heavy (non-hydrogen) atoms. The normalized spacial score (nSPS) is 15.7. The lowest BCUT2D eigenvalue weighted by Crippen LogP contribution is -2.37. The number of aromatic nitrogens is 4. The number of rotatable bonds is 2. The molecule has 0 aliphatic carbocycles. The molecular weight excluding hydrogens is 382 g/mol. The maximum absolute atomic E-state index is 11.5. The Balaban J connectivity index is 1.57. The number of hydrogen-bond acceptors (Lipinski definition) is 4. The molecule has 1 aromatic carbocycles. The number of halogens is 1. The zero-order valence-corrected chi connectivity index (χ0v) is 15.5. The van der Waals surface area contributed by atoms with Gasteiger partial charge in [-0.25, -0.2) is 4.98 Å². The van der Waals surface area contributed by atoms with Crippen LogP contribution in [0.1, 0.15) is 25.8 Å². The fourth-order valence-corrected chi connectivity index (χ4v) is 3.70. The Labute approximate surface area is 154 Å². The van der Waals surface area contributed by atoms with Gasteiger partial charge in [-0.05, 0) is 40.9 Å². The average molecular weight is 400 g/mol. The minimum Gasteiger partial charge on any atom is -0.343 e. The topological polar surface area (TPSA) is 63.9 Å². The van der Waals surface area contributed by atoms with Crippen LogP contribution >= 0.6 is 15.9 Å². The summed E-state index contributed by atoms with van der Waals surface area (Å²) in [5, 5.41) is 4.52. The van der Waals surface area contributed by atoms with Crippen molar-refractivity contribution in [2.24, 2.45) is 0 Å². The van der Waals surface area contributed by atoms with E-state index in [4.69, 9.17) is 4.98 Å². The van der Waals surface area contributed by atoms with Crippen LogP contribution in [-0.4, -0.2) is 43.6 Å². The highest BCUT2D eigenvalue weighted by Crippen LogP contribution is 2.27. The molecule has 1 saturated heterocycles. The number of para-hydroxylation sites is 1. The molecule has 7 heteroatoms. The first-order valence-corrected chi connectivity index (χ1v) is 9.12. The van der Waals surface area contributed by atoms with E-state index < -0.39 is 0 Å². The fraction of sp³-hybridized carbons (Fsp3) is 0.333. The Kier molecular flexibility index (Phi) is 4.25. The summed E-state index contributed by atoms with van der Waals surface area (Å²) >= 11 is 3.53. The molecule has 1 aliphatic heterocycles. The average Bonchev–Trinajstić information content (AvgIpc) is 3.12. The second-order valence-electron chi connectivity index (χ2n) is 6.31. The van der Waals surface area contributed by atoms with Gasteiger partial charge in [-0.15, -0.1) is 0 Å². The van der Waals surface area contributed by atoms with Crippen LogP contribution in [0.3, 0.4) is 0 Å². The molecule has 4 rings (SSSR count). The predicted octanol–water partition coefficient (Wildman–Crippen LogP) is 3.44. The molecule has 0 atom stereocenters. The van der Waals surface area contributed by atoms with Crippen LogP contribution in [0.25, 0.3) is 22.3 Å². The van der Waals surface area contributed by atoms with Crippen molar-refractivity contribution in [1.82, 2.24) is 24.6 Å². The van der Waals surface area contributed by atoms with Gasteiger partial charge in [0.2, 0.25) is 5.91 Å². The van der Waals surface area contributed by atoms with Gasteiger partial charge in [-0.2, -0.15) is 5.10 Å². The first kappa shape index (κ1) is 16.2. The third-order valence-corrected chi connectivity index (χ3v) is 5.34. The standard InChI is InChI=1S/C18H18BrN5O/c1-12(25)23-7-5-14(6-8-23)24-11-13(9-21-24)17-10-20-16-4-2-3-15(19)18(16)22-17/h2-4,9-11,14H,5-8H2,1H3. The largest absolute Gasteiger partial charge is 0.343 e. The van der Waals surface area contributed by atoms with E-state index in [0.717, 1.165) is 52.7 Å². The van der Waals surface area contributed by atoms with Crippen molar-refractivity contribution < 1.29 is 4.79 Å². The number of hydrogen-bond donors (Lipinski definition) is 0. The van der Waals surface area contributed by atoms with Crippen LogP contribution in [0.5, 0.6) is 0 Å². The number of carbonyl (C=O) groups is 1. The number of carbonyl (C=O) groups excluding carboxylic acids is 1. The highest BCUT2D eigenvalue weighted by atomic mass is 79.9. The summed E-state index contributed by atoms with van der Waals surface area (Å²) in [6, 6.07) is 6.19. The Morgan fingerprint density at radius 3 is 2.80 bits per heavy atom. The first-order chi connectivity index (χ1) is 12.1. The summed E-state index contributed by atoms with van der Waals surface area (Å²) in [5.41, 5.74) is 3.48. The highest BCUT2D eigenvalue weighted by Gasteiger charge is 2.22. The van der Waals surface area contributed by atoms with Crippen LogP contribution in [0, 0.1) is 0 Å². The van der Waals surface area contributed by atoms with Gasteiger partial charge >= 0.3 is 0 Å². The SMILES string of the molecule is CC(=O)N1CCC(n2cc(-c3cnc4cccc(Br)c4n3)cn2)CC1. The molecule has 3 aromatic rings. The number of fused-ring (bicyclic) bond motifs is 1. The Morgan fingerprint density at radius 2 is 2.04 bits per heavy atom. The van der Waals surface area contributed by atoms with Gasteiger partial charge in [0, 0.05) is 36.2 Å². The van der Waals surface area contributed by atoms with Crippen molar-refractivity contribution in [1.29, 1.82) is 0 Å². The van der Waals surface area contributed by atoms with Crippen LogP contribution in [0.2, 0.25) is 0 Å². The smallest absolute Gasteiger partial charge is 0.219 e. The van der Waals surface area contributed by atoms with E-state index in [2.05, 4.69) is 26.0 Å². The van der Waals surface area contributed by atoms with Crippen molar-refractivity contribution in [3.63, 3.8) is 0 Å². The molecule has 0 saturated carbocycles. The monoisotopic (exact) mass is 399 g/mol.